The summed E-state index contributed by atoms with van der Waals surface area (Å²) in [6.45, 7) is 5.06. The Morgan fingerprint density at radius 1 is 1.18 bits per heavy atom. The molecular formula is C23H31FO9. The SMILES string of the molecule is COC(=O)C1(OCc2ccccc2)OC(C(C)C(COC(C)=O)OC(C)=O)C(C)C(O)C1F. The molecule has 10 heteroatoms. The summed E-state index contributed by atoms with van der Waals surface area (Å²) in [5.74, 6) is -6.49. The Kier molecular flexibility index (Phi) is 9.33. The Morgan fingerprint density at radius 3 is 2.36 bits per heavy atom. The van der Waals surface area contributed by atoms with E-state index in [0.29, 0.717) is 5.56 Å². The van der Waals surface area contributed by atoms with Crippen molar-refractivity contribution >= 4 is 17.9 Å². The highest BCUT2D eigenvalue weighted by Gasteiger charge is 2.62. The third kappa shape index (κ3) is 6.27. The van der Waals surface area contributed by atoms with Gasteiger partial charge >= 0.3 is 23.7 Å². The monoisotopic (exact) mass is 470 g/mol. The fourth-order valence-electron chi connectivity index (χ4n) is 3.80. The molecule has 2 rings (SSSR count). The van der Waals surface area contributed by atoms with E-state index in [4.69, 9.17) is 23.7 Å². The van der Waals surface area contributed by atoms with Crippen molar-refractivity contribution in [1.29, 1.82) is 0 Å². The number of hydrogen-bond donors (Lipinski definition) is 1. The Balaban J connectivity index is 2.37. The molecule has 1 saturated heterocycles. The zero-order chi connectivity index (χ0) is 24.8. The van der Waals surface area contributed by atoms with Crippen molar-refractivity contribution < 1.29 is 47.6 Å². The first-order chi connectivity index (χ1) is 15.5. The minimum absolute atomic E-state index is 0.195. The summed E-state index contributed by atoms with van der Waals surface area (Å²) in [6.07, 6.45) is -5.92. The van der Waals surface area contributed by atoms with Gasteiger partial charge in [0.1, 0.15) is 12.7 Å². The van der Waals surface area contributed by atoms with Gasteiger partial charge in [-0.1, -0.05) is 44.2 Å². The molecule has 7 unspecified atom stereocenters. The van der Waals surface area contributed by atoms with Crippen LogP contribution in [0.15, 0.2) is 30.3 Å². The zero-order valence-corrected chi connectivity index (χ0v) is 19.4. The molecule has 0 aliphatic carbocycles. The summed E-state index contributed by atoms with van der Waals surface area (Å²) in [5, 5.41) is 10.7. The molecule has 0 radical (unpaired) electrons. The maximum absolute atomic E-state index is 15.4. The standard InChI is InChI=1S/C23H31FO9/c1-13(18(32-16(4)26)12-30-15(3)25)20-14(2)19(27)21(24)23(33-20,22(28)29-5)31-11-17-9-7-6-8-10-17/h6-10,13-14,18-21,27H,11-12H2,1-5H3. The summed E-state index contributed by atoms with van der Waals surface area (Å²) >= 11 is 0. The second kappa shape index (κ2) is 11.5. The van der Waals surface area contributed by atoms with Crippen LogP contribution in [0.4, 0.5) is 4.39 Å². The van der Waals surface area contributed by atoms with Crippen LogP contribution in [-0.4, -0.2) is 67.0 Å². The van der Waals surface area contributed by atoms with E-state index in [1.54, 1.807) is 37.3 Å². The number of carbonyl (C=O) groups excluding carboxylic acids is 3. The second-order valence-electron chi connectivity index (χ2n) is 8.08. The van der Waals surface area contributed by atoms with E-state index in [1.807, 2.05) is 0 Å². The van der Waals surface area contributed by atoms with Gasteiger partial charge < -0.3 is 28.8 Å². The van der Waals surface area contributed by atoms with Crippen LogP contribution in [0, 0.1) is 11.8 Å². The molecule has 1 aromatic carbocycles. The molecular weight excluding hydrogens is 439 g/mol. The first-order valence-corrected chi connectivity index (χ1v) is 10.6. The smallest absolute Gasteiger partial charge is 0.370 e. The third-order valence-corrected chi connectivity index (χ3v) is 5.67. The van der Waals surface area contributed by atoms with Crippen LogP contribution >= 0.6 is 0 Å². The van der Waals surface area contributed by atoms with Crippen LogP contribution < -0.4 is 0 Å². The fourth-order valence-corrected chi connectivity index (χ4v) is 3.80. The number of aliphatic hydroxyl groups excluding tert-OH is 1. The first-order valence-electron chi connectivity index (χ1n) is 10.6. The van der Waals surface area contributed by atoms with Crippen molar-refractivity contribution in [3.8, 4) is 0 Å². The quantitative estimate of drug-likeness (QED) is 0.427. The van der Waals surface area contributed by atoms with Gasteiger partial charge in [-0.05, 0) is 5.56 Å². The van der Waals surface area contributed by atoms with Crippen LogP contribution in [0.2, 0.25) is 0 Å². The van der Waals surface area contributed by atoms with E-state index in [0.717, 1.165) is 7.11 Å². The summed E-state index contributed by atoms with van der Waals surface area (Å²) in [6, 6.07) is 8.72. The molecule has 0 bridgehead atoms. The molecule has 1 aromatic rings. The van der Waals surface area contributed by atoms with Gasteiger partial charge in [0.2, 0.25) is 0 Å². The number of rotatable bonds is 9. The maximum atomic E-state index is 15.4. The lowest BCUT2D eigenvalue weighted by Gasteiger charge is -2.48. The highest BCUT2D eigenvalue weighted by Crippen LogP contribution is 2.41. The van der Waals surface area contributed by atoms with Gasteiger partial charge in [0.25, 0.3) is 0 Å². The Labute approximate surface area is 192 Å². The summed E-state index contributed by atoms with van der Waals surface area (Å²) in [5.41, 5.74) is 0.641. The van der Waals surface area contributed by atoms with E-state index < -0.39 is 60.0 Å². The molecule has 0 aromatic heterocycles. The van der Waals surface area contributed by atoms with Gasteiger partial charge in [-0.2, -0.15) is 0 Å². The van der Waals surface area contributed by atoms with Crippen LogP contribution in [0.25, 0.3) is 0 Å². The van der Waals surface area contributed by atoms with Crippen molar-refractivity contribution in [2.24, 2.45) is 11.8 Å². The van der Waals surface area contributed by atoms with E-state index in [2.05, 4.69) is 0 Å². The fraction of sp³-hybridized carbons (Fsp3) is 0.609. The molecule has 33 heavy (non-hydrogen) atoms. The minimum atomic E-state index is -2.56. The lowest BCUT2D eigenvalue weighted by atomic mass is 9.80. The van der Waals surface area contributed by atoms with E-state index in [1.165, 1.54) is 20.8 Å². The van der Waals surface area contributed by atoms with E-state index in [9.17, 15) is 19.5 Å². The highest BCUT2D eigenvalue weighted by atomic mass is 19.1. The molecule has 1 aliphatic heterocycles. The average Bonchev–Trinajstić information content (AvgIpc) is 2.79. The van der Waals surface area contributed by atoms with Crippen LogP contribution in [-0.2, 0) is 44.7 Å². The zero-order valence-electron chi connectivity index (χ0n) is 19.4. The average molecular weight is 470 g/mol. The predicted molar refractivity (Wildman–Crippen MR) is 112 cm³/mol. The topological polar surface area (TPSA) is 118 Å². The summed E-state index contributed by atoms with van der Waals surface area (Å²) in [7, 11) is 1.05. The highest BCUT2D eigenvalue weighted by molar-refractivity contribution is 5.79. The van der Waals surface area contributed by atoms with Gasteiger partial charge in [0.15, 0.2) is 6.17 Å². The number of aliphatic hydroxyl groups is 1. The molecule has 1 aliphatic rings. The number of halogens is 1. The largest absolute Gasteiger partial charge is 0.465 e. The third-order valence-electron chi connectivity index (χ3n) is 5.67. The van der Waals surface area contributed by atoms with Crippen molar-refractivity contribution in [3.63, 3.8) is 0 Å². The van der Waals surface area contributed by atoms with E-state index in [-0.39, 0.29) is 13.2 Å². The van der Waals surface area contributed by atoms with Crippen molar-refractivity contribution in [1.82, 2.24) is 0 Å². The number of alkyl halides is 1. The summed E-state index contributed by atoms with van der Waals surface area (Å²) in [4.78, 5) is 35.6. The van der Waals surface area contributed by atoms with Gasteiger partial charge in [-0.15, -0.1) is 0 Å². The molecule has 0 saturated carbocycles. The van der Waals surface area contributed by atoms with Gasteiger partial charge in [0, 0.05) is 25.7 Å². The minimum Gasteiger partial charge on any atom is -0.465 e. The van der Waals surface area contributed by atoms with Crippen molar-refractivity contribution in [2.45, 2.75) is 64.6 Å². The van der Waals surface area contributed by atoms with Gasteiger partial charge in [-0.25, -0.2) is 9.18 Å². The van der Waals surface area contributed by atoms with Gasteiger partial charge in [-0.3, -0.25) is 9.59 Å². The van der Waals surface area contributed by atoms with Crippen LogP contribution in [0.5, 0.6) is 0 Å². The summed E-state index contributed by atoms with van der Waals surface area (Å²) < 4.78 is 42.0. The number of ether oxygens (including phenoxy) is 5. The molecule has 0 spiro atoms. The Hall–Kier alpha value is -2.56. The van der Waals surface area contributed by atoms with Gasteiger partial charge in [0.05, 0.1) is 25.9 Å². The first kappa shape index (κ1) is 26.7. The van der Waals surface area contributed by atoms with Crippen molar-refractivity contribution in [2.75, 3.05) is 13.7 Å². The molecule has 0 amide bonds. The lowest BCUT2D eigenvalue weighted by molar-refractivity contribution is -0.341. The maximum Gasteiger partial charge on any atom is 0.370 e. The number of carbonyl (C=O) groups is 3. The number of esters is 3. The Bertz CT molecular complexity index is 817. The molecule has 1 fully saturated rings. The second-order valence-corrected chi connectivity index (χ2v) is 8.08. The predicted octanol–water partition coefficient (Wildman–Crippen LogP) is 1.94. The van der Waals surface area contributed by atoms with Crippen molar-refractivity contribution in [3.05, 3.63) is 35.9 Å². The number of methoxy groups -OCH3 is 1. The normalized spacial score (nSPS) is 28.9. The van der Waals surface area contributed by atoms with E-state index >= 15 is 4.39 Å². The number of hydrogen-bond acceptors (Lipinski definition) is 9. The lowest BCUT2D eigenvalue weighted by Crippen LogP contribution is -2.66. The molecule has 1 N–H and O–H groups in total. The molecule has 1 heterocycles. The van der Waals surface area contributed by atoms with Crippen LogP contribution in [0.3, 0.4) is 0 Å². The number of benzene rings is 1. The molecule has 184 valence electrons. The Morgan fingerprint density at radius 2 is 1.82 bits per heavy atom. The molecule has 9 nitrogen and oxygen atoms in total. The molecule has 7 atom stereocenters. The van der Waals surface area contributed by atoms with Crippen LogP contribution in [0.1, 0.15) is 33.3 Å².